The van der Waals surface area contributed by atoms with E-state index in [0.717, 1.165) is 13.0 Å². The van der Waals surface area contributed by atoms with Gasteiger partial charge in [-0.1, -0.05) is 0 Å². The molecule has 1 unspecified atom stereocenters. The maximum atomic E-state index is 11.7. The van der Waals surface area contributed by atoms with Crippen LogP contribution in [0, 0.1) is 11.8 Å². The van der Waals surface area contributed by atoms with E-state index >= 15 is 0 Å². The lowest BCUT2D eigenvalue weighted by molar-refractivity contribution is -0.125. The van der Waals surface area contributed by atoms with Crippen molar-refractivity contribution < 1.29 is 4.79 Å². The summed E-state index contributed by atoms with van der Waals surface area (Å²) in [5.74, 6) is 1.39. The molecule has 0 N–H and O–H groups in total. The van der Waals surface area contributed by atoms with Crippen LogP contribution < -0.4 is 0 Å². The number of ketones is 1. The summed E-state index contributed by atoms with van der Waals surface area (Å²) in [5, 5.41) is 0. The Bertz CT molecular complexity index is 186. The fourth-order valence-electron chi connectivity index (χ4n) is 2.10. The first kappa shape index (κ1) is 8.24. The van der Waals surface area contributed by atoms with Crippen LogP contribution in [0.3, 0.4) is 0 Å². The maximum absolute atomic E-state index is 11.7. The summed E-state index contributed by atoms with van der Waals surface area (Å²) in [6.07, 6.45) is 4.68. The van der Waals surface area contributed by atoms with Gasteiger partial charge in [-0.05, 0) is 39.3 Å². The Hall–Kier alpha value is -0.370. The van der Waals surface area contributed by atoms with Crippen molar-refractivity contribution in [1.29, 1.82) is 0 Å². The van der Waals surface area contributed by atoms with Gasteiger partial charge in [-0.25, -0.2) is 0 Å². The standard InChI is InChI=1S/C10H17NO/c1-11-6-2-3-9(7-11)10(12)8-4-5-8/h8-9H,2-7H2,1H3. The van der Waals surface area contributed by atoms with E-state index in [-0.39, 0.29) is 0 Å². The molecule has 2 nitrogen and oxygen atoms in total. The van der Waals surface area contributed by atoms with Gasteiger partial charge in [0.05, 0.1) is 0 Å². The van der Waals surface area contributed by atoms with Gasteiger partial charge in [-0.2, -0.15) is 0 Å². The molecule has 0 spiro atoms. The Morgan fingerprint density at radius 1 is 1.25 bits per heavy atom. The fourth-order valence-corrected chi connectivity index (χ4v) is 2.10. The molecule has 0 aromatic carbocycles. The molecular weight excluding hydrogens is 150 g/mol. The first-order chi connectivity index (χ1) is 5.77. The molecule has 2 aliphatic rings. The Kier molecular flexibility index (Phi) is 2.18. The van der Waals surface area contributed by atoms with Gasteiger partial charge < -0.3 is 4.90 Å². The van der Waals surface area contributed by atoms with Crippen molar-refractivity contribution in [2.24, 2.45) is 11.8 Å². The van der Waals surface area contributed by atoms with Gasteiger partial charge in [-0.15, -0.1) is 0 Å². The van der Waals surface area contributed by atoms with E-state index in [0.29, 0.717) is 17.6 Å². The molecule has 0 amide bonds. The topological polar surface area (TPSA) is 20.3 Å². The summed E-state index contributed by atoms with van der Waals surface area (Å²) in [7, 11) is 2.12. The molecule has 2 fully saturated rings. The summed E-state index contributed by atoms with van der Waals surface area (Å²) in [6.45, 7) is 2.18. The van der Waals surface area contributed by atoms with Crippen LogP contribution in [0.25, 0.3) is 0 Å². The van der Waals surface area contributed by atoms with Crippen molar-refractivity contribution in [3.8, 4) is 0 Å². The van der Waals surface area contributed by atoms with Gasteiger partial charge in [0.15, 0.2) is 0 Å². The van der Waals surface area contributed by atoms with Crippen LogP contribution in [0.2, 0.25) is 0 Å². The quantitative estimate of drug-likeness (QED) is 0.618. The Labute approximate surface area is 73.9 Å². The highest BCUT2D eigenvalue weighted by Gasteiger charge is 2.35. The number of likely N-dealkylation sites (tertiary alicyclic amines) is 1. The van der Waals surface area contributed by atoms with Gasteiger partial charge in [0, 0.05) is 18.4 Å². The lowest BCUT2D eigenvalue weighted by Crippen LogP contribution is -2.36. The van der Waals surface area contributed by atoms with Crippen LogP contribution in [0.4, 0.5) is 0 Å². The van der Waals surface area contributed by atoms with Crippen LogP contribution in [0.5, 0.6) is 0 Å². The van der Waals surface area contributed by atoms with E-state index in [1.807, 2.05) is 0 Å². The van der Waals surface area contributed by atoms with Gasteiger partial charge >= 0.3 is 0 Å². The monoisotopic (exact) mass is 167 g/mol. The SMILES string of the molecule is CN1CCCC(C(=O)C2CC2)C1. The van der Waals surface area contributed by atoms with Crippen LogP contribution in [0.1, 0.15) is 25.7 Å². The smallest absolute Gasteiger partial charge is 0.140 e. The minimum atomic E-state index is 0.372. The molecule has 1 saturated carbocycles. The summed E-state index contributed by atoms with van der Waals surface area (Å²) >= 11 is 0. The number of carbonyl (C=O) groups is 1. The van der Waals surface area contributed by atoms with Crippen molar-refractivity contribution in [1.82, 2.24) is 4.90 Å². The zero-order valence-corrected chi connectivity index (χ0v) is 7.75. The minimum absolute atomic E-state index is 0.372. The van der Waals surface area contributed by atoms with Crippen molar-refractivity contribution in [2.75, 3.05) is 20.1 Å². The Morgan fingerprint density at radius 2 is 2.00 bits per heavy atom. The largest absolute Gasteiger partial charge is 0.306 e. The van der Waals surface area contributed by atoms with Gasteiger partial charge in [0.1, 0.15) is 5.78 Å². The molecule has 2 heteroatoms. The highest BCUT2D eigenvalue weighted by molar-refractivity contribution is 5.85. The number of carbonyl (C=O) groups excluding carboxylic acids is 1. The van der Waals surface area contributed by atoms with Crippen molar-refractivity contribution >= 4 is 5.78 Å². The molecule has 2 rings (SSSR count). The molecule has 0 radical (unpaired) electrons. The molecule has 1 atom stereocenters. The average molecular weight is 167 g/mol. The van der Waals surface area contributed by atoms with Crippen LogP contribution in [-0.2, 0) is 4.79 Å². The number of hydrogen-bond donors (Lipinski definition) is 0. The maximum Gasteiger partial charge on any atom is 0.140 e. The second-order valence-electron chi connectivity index (χ2n) is 4.28. The Balaban J connectivity index is 1.89. The third kappa shape index (κ3) is 1.69. The summed E-state index contributed by atoms with van der Waals surface area (Å²) < 4.78 is 0. The molecule has 1 aliphatic heterocycles. The molecule has 12 heavy (non-hydrogen) atoms. The number of Topliss-reactive ketones (excluding diaryl/α,β-unsaturated/α-hetero) is 1. The van der Waals surface area contributed by atoms with E-state index in [1.165, 1.54) is 25.8 Å². The summed E-state index contributed by atoms with van der Waals surface area (Å²) in [6, 6.07) is 0. The molecule has 1 heterocycles. The lowest BCUT2D eigenvalue weighted by atomic mass is 9.92. The minimum Gasteiger partial charge on any atom is -0.306 e. The highest BCUT2D eigenvalue weighted by Crippen LogP contribution is 2.34. The molecule has 0 bridgehead atoms. The van der Waals surface area contributed by atoms with Gasteiger partial charge in [0.2, 0.25) is 0 Å². The second kappa shape index (κ2) is 3.17. The second-order valence-corrected chi connectivity index (χ2v) is 4.28. The number of piperidine rings is 1. The Morgan fingerprint density at radius 3 is 2.58 bits per heavy atom. The zero-order chi connectivity index (χ0) is 8.55. The number of hydrogen-bond acceptors (Lipinski definition) is 2. The van der Waals surface area contributed by atoms with E-state index in [4.69, 9.17) is 0 Å². The van der Waals surface area contributed by atoms with Crippen molar-refractivity contribution in [2.45, 2.75) is 25.7 Å². The molecule has 0 aromatic heterocycles. The third-order valence-electron chi connectivity index (χ3n) is 3.01. The summed E-state index contributed by atoms with van der Waals surface area (Å²) in [5.41, 5.74) is 0. The summed E-state index contributed by atoms with van der Waals surface area (Å²) in [4.78, 5) is 14.0. The predicted octanol–water partition coefficient (Wildman–Crippen LogP) is 1.31. The molecule has 1 aliphatic carbocycles. The van der Waals surface area contributed by atoms with Gasteiger partial charge in [-0.3, -0.25) is 4.79 Å². The molecule has 1 saturated heterocycles. The fraction of sp³-hybridized carbons (Fsp3) is 0.900. The number of nitrogens with zero attached hydrogens (tertiary/aromatic N) is 1. The van der Waals surface area contributed by atoms with E-state index in [9.17, 15) is 4.79 Å². The van der Waals surface area contributed by atoms with Crippen LogP contribution in [0.15, 0.2) is 0 Å². The lowest BCUT2D eigenvalue weighted by Gasteiger charge is -2.28. The molecular formula is C10H17NO. The van der Waals surface area contributed by atoms with Crippen molar-refractivity contribution in [3.05, 3.63) is 0 Å². The van der Waals surface area contributed by atoms with Crippen LogP contribution in [-0.4, -0.2) is 30.8 Å². The first-order valence-corrected chi connectivity index (χ1v) is 4.99. The third-order valence-corrected chi connectivity index (χ3v) is 3.01. The predicted molar refractivity (Wildman–Crippen MR) is 48.0 cm³/mol. The molecule has 68 valence electrons. The first-order valence-electron chi connectivity index (χ1n) is 4.99. The zero-order valence-electron chi connectivity index (χ0n) is 7.75. The number of rotatable bonds is 2. The highest BCUT2D eigenvalue weighted by atomic mass is 16.1. The van der Waals surface area contributed by atoms with E-state index in [1.54, 1.807) is 0 Å². The molecule has 0 aromatic rings. The van der Waals surface area contributed by atoms with Crippen molar-refractivity contribution in [3.63, 3.8) is 0 Å². The van der Waals surface area contributed by atoms with E-state index in [2.05, 4.69) is 11.9 Å². The average Bonchev–Trinajstić information content (AvgIpc) is 2.85. The van der Waals surface area contributed by atoms with Gasteiger partial charge in [0.25, 0.3) is 0 Å². The van der Waals surface area contributed by atoms with Crippen LogP contribution >= 0.6 is 0 Å². The normalized spacial score (nSPS) is 31.9. The van der Waals surface area contributed by atoms with E-state index < -0.39 is 0 Å².